The van der Waals surface area contributed by atoms with E-state index >= 15 is 0 Å². The quantitative estimate of drug-likeness (QED) is 0.867. The highest BCUT2D eigenvalue weighted by molar-refractivity contribution is 6.33. The number of nitrogens with one attached hydrogen (secondary N) is 1. The predicted octanol–water partition coefficient (Wildman–Crippen LogP) is 1.92. The van der Waals surface area contributed by atoms with Crippen LogP contribution in [-0.2, 0) is 20.1 Å². The first-order valence-electron chi connectivity index (χ1n) is 6.02. The number of hydrogen-bond acceptors (Lipinski definition) is 2. The van der Waals surface area contributed by atoms with E-state index < -0.39 is 0 Å². The van der Waals surface area contributed by atoms with Gasteiger partial charge < -0.3 is 9.47 Å². The van der Waals surface area contributed by atoms with E-state index in [1.807, 2.05) is 18.3 Å². The molecule has 3 heterocycles. The molecule has 1 N–H and O–H groups in total. The predicted molar refractivity (Wildman–Crippen MR) is 72.1 cm³/mol. The van der Waals surface area contributed by atoms with Gasteiger partial charge in [0.25, 0.3) is 0 Å². The number of halogens is 1. The Balaban J connectivity index is 1.70. The number of carbonyl (C=O) groups excluding carboxylic acids is 1. The molecule has 0 bridgehead atoms. The zero-order chi connectivity index (χ0) is 13.4. The van der Waals surface area contributed by atoms with Crippen molar-refractivity contribution in [3.8, 4) is 0 Å². The molecule has 2 amide bonds. The van der Waals surface area contributed by atoms with Crippen molar-refractivity contribution in [1.82, 2.24) is 19.2 Å². The van der Waals surface area contributed by atoms with E-state index in [1.54, 1.807) is 22.8 Å². The molecule has 0 aromatic carbocycles. The highest BCUT2D eigenvalue weighted by Gasteiger charge is 2.21. The van der Waals surface area contributed by atoms with Gasteiger partial charge in [-0.05, 0) is 12.1 Å². The first-order valence-corrected chi connectivity index (χ1v) is 6.40. The van der Waals surface area contributed by atoms with Gasteiger partial charge >= 0.3 is 6.03 Å². The number of hydrogen-bond donors (Lipinski definition) is 1. The molecule has 2 aromatic heterocycles. The molecule has 0 unspecified atom stereocenters. The molecule has 100 valence electrons. The Hall–Kier alpha value is -1.95. The minimum absolute atomic E-state index is 0.173. The third-order valence-corrected chi connectivity index (χ3v) is 3.46. The van der Waals surface area contributed by atoms with Crippen molar-refractivity contribution in [2.45, 2.75) is 13.1 Å². The Labute approximate surface area is 115 Å². The van der Waals surface area contributed by atoms with Crippen LogP contribution in [0.15, 0.2) is 24.5 Å². The Bertz CT molecular complexity index is 617. The second-order valence-corrected chi connectivity index (χ2v) is 4.95. The molecule has 0 saturated carbocycles. The van der Waals surface area contributed by atoms with E-state index in [-0.39, 0.29) is 6.03 Å². The first-order chi connectivity index (χ1) is 9.13. The van der Waals surface area contributed by atoms with Crippen molar-refractivity contribution >= 4 is 23.4 Å². The van der Waals surface area contributed by atoms with Crippen LogP contribution < -0.4 is 5.32 Å². The average molecular weight is 280 g/mol. The van der Waals surface area contributed by atoms with Gasteiger partial charge in [-0.2, -0.15) is 5.10 Å². The van der Waals surface area contributed by atoms with Crippen LogP contribution in [0.25, 0.3) is 0 Å². The van der Waals surface area contributed by atoms with Crippen molar-refractivity contribution < 1.29 is 4.79 Å². The van der Waals surface area contributed by atoms with Crippen LogP contribution in [0.4, 0.5) is 10.6 Å². The number of carbonyl (C=O) groups is 1. The van der Waals surface area contributed by atoms with Crippen LogP contribution in [0, 0.1) is 0 Å². The van der Waals surface area contributed by atoms with Gasteiger partial charge in [0.2, 0.25) is 0 Å². The summed E-state index contributed by atoms with van der Waals surface area (Å²) in [5.41, 5.74) is 1.13. The number of rotatable bonds is 1. The Kier molecular flexibility index (Phi) is 2.94. The summed E-state index contributed by atoms with van der Waals surface area (Å²) >= 11 is 5.97. The maximum Gasteiger partial charge on any atom is 0.323 e. The van der Waals surface area contributed by atoms with E-state index in [1.165, 1.54) is 0 Å². The minimum atomic E-state index is -0.173. The minimum Gasteiger partial charge on any atom is -0.348 e. The number of urea groups is 1. The van der Waals surface area contributed by atoms with Crippen LogP contribution >= 0.6 is 11.6 Å². The molecule has 0 spiro atoms. The van der Waals surface area contributed by atoms with Crippen molar-refractivity contribution in [1.29, 1.82) is 0 Å². The summed E-state index contributed by atoms with van der Waals surface area (Å²) in [5.74, 6) is 0.398. The summed E-state index contributed by atoms with van der Waals surface area (Å²) in [6.07, 6.45) is 3.68. The summed E-state index contributed by atoms with van der Waals surface area (Å²) in [5, 5.41) is 7.28. The summed E-state index contributed by atoms with van der Waals surface area (Å²) < 4.78 is 3.72. The van der Waals surface area contributed by atoms with Gasteiger partial charge in [-0.3, -0.25) is 10.00 Å². The van der Waals surface area contributed by atoms with Gasteiger partial charge in [-0.15, -0.1) is 0 Å². The number of fused-ring (bicyclic) bond motifs is 1. The molecule has 3 rings (SSSR count). The topological polar surface area (TPSA) is 55.1 Å². The molecule has 0 radical (unpaired) electrons. The summed E-state index contributed by atoms with van der Waals surface area (Å²) in [7, 11) is 1.76. The van der Waals surface area contributed by atoms with Gasteiger partial charge in [-0.25, -0.2) is 4.79 Å². The van der Waals surface area contributed by atoms with Gasteiger partial charge in [-0.1, -0.05) is 11.6 Å². The maximum absolute atomic E-state index is 12.2. The van der Waals surface area contributed by atoms with E-state index in [9.17, 15) is 4.79 Å². The molecule has 0 atom stereocenters. The molecule has 1 aliphatic heterocycles. The largest absolute Gasteiger partial charge is 0.348 e. The molecule has 2 aromatic rings. The van der Waals surface area contributed by atoms with Crippen molar-refractivity contribution in [2.24, 2.45) is 7.05 Å². The SMILES string of the molecule is Cn1cc(Cl)c(NC(=O)N2CCn3cccc3C2)n1. The fourth-order valence-corrected chi connectivity index (χ4v) is 2.44. The molecule has 0 saturated heterocycles. The molecular formula is C12H14ClN5O. The van der Waals surface area contributed by atoms with Crippen LogP contribution in [0.1, 0.15) is 5.69 Å². The fraction of sp³-hybridized carbons (Fsp3) is 0.333. The fourth-order valence-electron chi connectivity index (χ4n) is 2.21. The summed E-state index contributed by atoms with van der Waals surface area (Å²) in [4.78, 5) is 13.9. The molecular weight excluding hydrogens is 266 g/mol. The molecule has 19 heavy (non-hydrogen) atoms. The summed E-state index contributed by atoms with van der Waals surface area (Å²) in [6.45, 7) is 2.09. The number of aromatic nitrogens is 3. The molecule has 0 aliphatic carbocycles. The lowest BCUT2D eigenvalue weighted by Gasteiger charge is -2.28. The van der Waals surface area contributed by atoms with Gasteiger partial charge in [0.1, 0.15) is 5.02 Å². The van der Waals surface area contributed by atoms with Crippen LogP contribution in [0.2, 0.25) is 5.02 Å². The van der Waals surface area contributed by atoms with Crippen molar-refractivity contribution in [3.63, 3.8) is 0 Å². The molecule has 7 heteroatoms. The highest BCUT2D eigenvalue weighted by atomic mass is 35.5. The highest BCUT2D eigenvalue weighted by Crippen LogP contribution is 2.20. The Morgan fingerprint density at radius 1 is 1.47 bits per heavy atom. The normalized spacial score (nSPS) is 14.3. The first kappa shape index (κ1) is 12.1. The smallest absolute Gasteiger partial charge is 0.323 e. The molecule has 6 nitrogen and oxygen atoms in total. The number of nitrogens with zero attached hydrogens (tertiary/aromatic N) is 4. The second-order valence-electron chi connectivity index (χ2n) is 4.54. The number of anilines is 1. The lowest BCUT2D eigenvalue weighted by atomic mass is 10.3. The second kappa shape index (κ2) is 4.62. The van der Waals surface area contributed by atoms with Crippen LogP contribution in [0.5, 0.6) is 0 Å². The lowest BCUT2D eigenvalue weighted by molar-refractivity contribution is 0.197. The Morgan fingerprint density at radius 2 is 2.32 bits per heavy atom. The van der Waals surface area contributed by atoms with Gasteiger partial charge in [0.05, 0.1) is 6.54 Å². The average Bonchev–Trinajstić information content (AvgIpc) is 2.95. The monoisotopic (exact) mass is 279 g/mol. The third kappa shape index (κ3) is 2.31. The molecule has 0 fully saturated rings. The van der Waals surface area contributed by atoms with Crippen LogP contribution in [-0.4, -0.2) is 31.8 Å². The lowest BCUT2D eigenvalue weighted by Crippen LogP contribution is -2.40. The van der Waals surface area contributed by atoms with E-state index in [0.717, 1.165) is 12.2 Å². The van der Waals surface area contributed by atoms with Gasteiger partial charge in [0.15, 0.2) is 5.82 Å². The number of amides is 2. The van der Waals surface area contributed by atoms with E-state index in [4.69, 9.17) is 11.6 Å². The Morgan fingerprint density at radius 3 is 3.05 bits per heavy atom. The standard InChI is InChI=1S/C12H14ClN5O/c1-16-8-10(13)11(15-16)14-12(19)18-6-5-17-4-2-3-9(17)7-18/h2-4,8H,5-7H2,1H3,(H,14,15,19). The van der Waals surface area contributed by atoms with Crippen LogP contribution in [0.3, 0.4) is 0 Å². The number of aryl methyl sites for hydroxylation is 1. The van der Waals surface area contributed by atoms with Crippen molar-refractivity contribution in [2.75, 3.05) is 11.9 Å². The van der Waals surface area contributed by atoms with E-state index in [0.29, 0.717) is 23.9 Å². The zero-order valence-electron chi connectivity index (χ0n) is 10.5. The zero-order valence-corrected chi connectivity index (χ0v) is 11.3. The van der Waals surface area contributed by atoms with Crippen molar-refractivity contribution in [3.05, 3.63) is 35.2 Å². The third-order valence-electron chi connectivity index (χ3n) is 3.18. The molecule has 1 aliphatic rings. The van der Waals surface area contributed by atoms with E-state index in [2.05, 4.69) is 15.0 Å². The van der Waals surface area contributed by atoms with Gasteiger partial charge in [0, 0.05) is 38.2 Å². The maximum atomic E-state index is 12.2. The summed E-state index contributed by atoms with van der Waals surface area (Å²) in [6, 6.07) is 3.84.